The van der Waals surface area contributed by atoms with Crippen molar-refractivity contribution in [2.45, 2.75) is 30.7 Å². The normalized spacial score (nSPS) is 18.0. The predicted octanol–water partition coefficient (Wildman–Crippen LogP) is 2.57. The van der Waals surface area contributed by atoms with Gasteiger partial charge in [-0.05, 0) is 60.7 Å². The summed E-state index contributed by atoms with van der Waals surface area (Å²) in [5.74, 6) is -19.7. The van der Waals surface area contributed by atoms with E-state index < -0.39 is 158 Å². The average molecular weight is 893 g/mol. The summed E-state index contributed by atoms with van der Waals surface area (Å²) in [7, 11) is 0. The molecule has 334 valence electrons. The number of hydrogen-bond acceptors (Lipinski definition) is 23. The molecular weight excluding hydrogens is 860 g/mol. The van der Waals surface area contributed by atoms with Gasteiger partial charge in [0.25, 0.3) is 0 Å². The fourth-order valence-corrected chi connectivity index (χ4v) is 5.96. The molecule has 0 radical (unpaired) electrons. The quantitative estimate of drug-likeness (QED) is 0.0515. The molecule has 1 aliphatic rings. The smallest absolute Gasteiger partial charge is 0.340 e. The second-order valence-electron chi connectivity index (χ2n) is 13.5. The van der Waals surface area contributed by atoms with E-state index in [9.17, 15) is 85.3 Å². The zero-order valence-electron chi connectivity index (χ0n) is 32.0. The van der Waals surface area contributed by atoms with Gasteiger partial charge >= 0.3 is 29.8 Å². The highest BCUT2D eigenvalue weighted by Crippen LogP contribution is 2.40. The molecule has 0 bridgehead atoms. The number of benzene rings is 5. The Balaban J connectivity index is 1.50. The van der Waals surface area contributed by atoms with Crippen LogP contribution < -0.4 is 0 Å². The van der Waals surface area contributed by atoms with Crippen molar-refractivity contribution >= 4 is 29.8 Å². The number of hydrogen-bond donors (Lipinski definition) is 12. The van der Waals surface area contributed by atoms with Crippen LogP contribution in [0, 0.1) is 0 Å². The van der Waals surface area contributed by atoms with Gasteiger partial charge < -0.3 is 89.7 Å². The summed E-state index contributed by atoms with van der Waals surface area (Å²) >= 11 is 0. The molecule has 1 fully saturated rings. The summed E-state index contributed by atoms with van der Waals surface area (Å²) in [4.78, 5) is 68.3. The lowest BCUT2D eigenvalue weighted by molar-refractivity contribution is -0.282. The Morgan fingerprint density at radius 1 is 0.391 bits per heavy atom. The molecule has 12 N–H and O–H groups in total. The molecule has 5 aromatic rings. The van der Waals surface area contributed by atoms with E-state index in [0.29, 0.717) is 48.5 Å². The fraction of sp³-hybridized carbons (Fsp3) is 0.146. The van der Waals surface area contributed by atoms with E-state index in [1.54, 1.807) is 0 Å². The molecular formula is C41H32O23. The number of esters is 5. The zero-order valence-corrected chi connectivity index (χ0v) is 32.0. The molecule has 23 nitrogen and oxygen atoms in total. The largest absolute Gasteiger partial charge is 0.504 e. The first-order valence-electron chi connectivity index (χ1n) is 17.9. The summed E-state index contributed by atoms with van der Waals surface area (Å²) in [5.41, 5.74) is -2.94. The second-order valence-corrected chi connectivity index (χ2v) is 13.5. The van der Waals surface area contributed by atoms with Gasteiger partial charge in [-0.25, -0.2) is 24.0 Å². The van der Waals surface area contributed by atoms with Crippen LogP contribution in [0.3, 0.4) is 0 Å². The highest BCUT2D eigenvalue weighted by atomic mass is 16.7. The van der Waals surface area contributed by atoms with Crippen molar-refractivity contribution in [3.05, 3.63) is 107 Å². The Kier molecular flexibility index (Phi) is 12.5. The van der Waals surface area contributed by atoms with Crippen molar-refractivity contribution in [1.82, 2.24) is 0 Å². The van der Waals surface area contributed by atoms with Crippen molar-refractivity contribution in [2.24, 2.45) is 0 Å². The Morgan fingerprint density at radius 3 is 1.09 bits per heavy atom. The van der Waals surface area contributed by atoms with Crippen LogP contribution in [-0.2, 0) is 28.4 Å². The number of carbonyl (C=O) groups excluding carboxylic acids is 5. The first kappa shape index (κ1) is 44.6. The maximum Gasteiger partial charge on any atom is 0.340 e. The average Bonchev–Trinajstić information content (AvgIpc) is 3.26. The van der Waals surface area contributed by atoms with Crippen LogP contribution in [0.5, 0.6) is 69.0 Å². The third-order valence-corrected chi connectivity index (χ3v) is 9.15. The van der Waals surface area contributed by atoms with E-state index in [2.05, 4.69) is 0 Å². The molecule has 0 unspecified atom stereocenters. The van der Waals surface area contributed by atoms with Gasteiger partial charge in [0.2, 0.25) is 12.4 Å². The van der Waals surface area contributed by atoms with Crippen LogP contribution in [-0.4, -0.2) is 128 Å². The van der Waals surface area contributed by atoms with Crippen molar-refractivity contribution < 1.29 is 114 Å². The molecule has 5 atom stereocenters. The summed E-state index contributed by atoms with van der Waals surface area (Å²) in [6.45, 7) is -1.16. The van der Waals surface area contributed by atoms with E-state index in [-0.39, 0.29) is 5.56 Å². The van der Waals surface area contributed by atoms with Gasteiger partial charge in [0.05, 0.1) is 27.8 Å². The minimum atomic E-state index is -2.38. The molecule has 1 saturated heterocycles. The van der Waals surface area contributed by atoms with Gasteiger partial charge in [0, 0.05) is 0 Å². The van der Waals surface area contributed by atoms with Crippen molar-refractivity contribution in [1.29, 1.82) is 0 Å². The van der Waals surface area contributed by atoms with E-state index >= 15 is 0 Å². The number of phenolic OH excluding ortho intramolecular Hbond substituents is 12. The third kappa shape index (κ3) is 9.32. The predicted molar refractivity (Wildman–Crippen MR) is 204 cm³/mol. The van der Waals surface area contributed by atoms with E-state index in [0.717, 1.165) is 0 Å². The summed E-state index contributed by atoms with van der Waals surface area (Å²) in [5, 5.41) is 120. The maximum absolute atomic E-state index is 13.9. The molecule has 0 saturated carbocycles. The SMILES string of the molecule is O=C(OC[C@H]1O[C@H](OC(=O)c2cc(O)c(O)c(O)c2)[C@H](OC(=O)c2ccccc2)[C@@H](OC(=O)c2cc(O)c(O)c(O)c2)[C@@H]1OC(=O)c1cc(O)c(O)c(O)c1)c1cc(O)c(O)c(O)c1. The minimum absolute atomic E-state index is 0.195. The lowest BCUT2D eigenvalue weighted by atomic mass is 9.97. The molecule has 23 heteroatoms. The first-order chi connectivity index (χ1) is 30.2. The third-order valence-electron chi connectivity index (χ3n) is 9.15. The van der Waals surface area contributed by atoms with Crippen molar-refractivity contribution in [3.63, 3.8) is 0 Å². The van der Waals surface area contributed by atoms with Crippen molar-refractivity contribution in [2.75, 3.05) is 6.61 Å². The summed E-state index contributed by atoms with van der Waals surface area (Å²) in [6, 6.07) is 11.8. The molecule has 0 aromatic heterocycles. The van der Waals surface area contributed by atoms with Crippen LogP contribution in [0.25, 0.3) is 0 Å². The molecule has 1 heterocycles. The van der Waals surface area contributed by atoms with E-state index in [1.807, 2.05) is 0 Å². The standard InChI is InChI=1S/C41H32O23/c42-20-6-16(7-21(43)29(20)50)36(54)59-14-28-33(61-38(56)17-8-22(44)30(51)23(45)9-17)34(62-39(57)18-10-24(46)31(52)25(47)11-18)35(63-37(55)15-4-2-1-3-5-15)41(60-28)64-40(58)19-12-26(48)32(53)27(49)13-19/h1-13,28,33-35,41-53H,14H2/t28-,33-,34+,35-,41-/m1/s1. The minimum Gasteiger partial charge on any atom is -0.504 e. The Labute approximate surface area is 356 Å². The lowest BCUT2D eigenvalue weighted by Crippen LogP contribution is -2.63. The highest BCUT2D eigenvalue weighted by Gasteiger charge is 2.55. The lowest BCUT2D eigenvalue weighted by Gasteiger charge is -2.43. The molecule has 0 spiro atoms. The van der Waals surface area contributed by atoms with Gasteiger partial charge in [-0.3, -0.25) is 0 Å². The van der Waals surface area contributed by atoms with E-state index in [1.165, 1.54) is 30.3 Å². The maximum atomic E-state index is 13.9. The number of phenols is 12. The highest BCUT2D eigenvalue weighted by molar-refractivity contribution is 5.94. The van der Waals surface area contributed by atoms with Gasteiger partial charge in [0.1, 0.15) is 12.7 Å². The Morgan fingerprint density at radius 2 is 0.703 bits per heavy atom. The topological polar surface area (TPSA) is 383 Å². The molecule has 6 rings (SSSR count). The molecule has 0 amide bonds. The van der Waals surface area contributed by atoms with Gasteiger partial charge in [-0.2, -0.15) is 0 Å². The first-order valence-corrected chi connectivity index (χ1v) is 17.9. The monoisotopic (exact) mass is 892 g/mol. The molecule has 5 aromatic carbocycles. The number of ether oxygens (including phenoxy) is 6. The zero-order chi connectivity index (χ0) is 46.7. The van der Waals surface area contributed by atoms with Crippen LogP contribution in [0.2, 0.25) is 0 Å². The van der Waals surface area contributed by atoms with Crippen LogP contribution in [0.15, 0.2) is 78.9 Å². The fourth-order valence-electron chi connectivity index (χ4n) is 5.96. The van der Waals surface area contributed by atoms with E-state index in [4.69, 9.17) is 28.4 Å². The number of carbonyl (C=O) groups is 5. The van der Waals surface area contributed by atoms with Crippen LogP contribution >= 0.6 is 0 Å². The van der Waals surface area contributed by atoms with Crippen LogP contribution in [0.1, 0.15) is 51.8 Å². The summed E-state index contributed by atoms with van der Waals surface area (Å²) < 4.78 is 33.7. The molecule has 1 aliphatic heterocycles. The van der Waals surface area contributed by atoms with Gasteiger partial charge in [-0.1, -0.05) is 18.2 Å². The van der Waals surface area contributed by atoms with Gasteiger partial charge in [-0.15, -0.1) is 0 Å². The number of aromatic hydroxyl groups is 12. The van der Waals surface area contributed by atoms with Crippen molar-refractivity contribution in [3.8, 4) is 69.0 Å². The Hall–Kier alpha value is -8.99. The molecule has 64 heavy (non-hydrogen) atoms. The Bertz CT molecular complexity index is 2570. The second kappa shape index (κ2) is 17.9. The van der Waals surface area contributed by atoms with Crippen LogP contribution in [0.4, 0.5) is 0 Å². The summed E-state index contributed by atoms with van der Waals surface area (Å²) in [6.07, 6.45) is -11.4. The van der Waals surface area contributed by atoms with Gasteiger partial charge in [0.15, 0.2) is 81.2 Å². The number of rotatable bonds is 11. The molecule has 0 aliphatic carbocycles.